The van der Waals surface area contributed by atoms with Crippen LogP contribution in [0.1, 0.15) is 12.6 Å². The molecule has 0 unspecified atom stereocenters. The summed E-state index contributed by atoms with van der Waals surface area (Å²) in [4.78, 5) is 15.8. The Bertz CT molecular complexity index is 356. The normalized spacial score (nSPS) is 19.3. The highest BCUT2D eigenvalue weighted by Gasteiger charge is 2.23. The summed E-state index contributed by atoms with van der Waals surface area (Å²) in [6, 6.07) is 1.46. The fourth-order valence-electron chi connectivity index (χ4n) is 1.96. The Morgan fingerprint density at radius 1 is 1.53 bits per heavy atom. The van der Waals surface area contributed by atoms with Gasteiger partial charge in [-0.15, -0.1) is 0 Å². The molecule has 0 aliphatic carbocycles. The van der Waals surface area contributed by atoms with Gasteiger partial charge in [-0.1, -0.05) is 5.16 Å². The van der Waals surface area contributed by atoms with Crippen LogP contribution >= 0.6 is 0 Å². The molecule has 17 heavy (non-hydrogen) atoms. The van der Waals surface area contributed by atoms with Crippen LogP contribution in [0.3, 0.4) is 0 Å². The van der Waals surface area contributed by atoms with Crippen LogP contribution in [0.2, 0.25) is 0 Å². The predicted molar refractivity (Wildman–Crippen MR) is 62.0 cm³/mol. The average molecular weight is 238 g/mol. The largest absolute Gasteiger partial charge is 0.364 e. The summed E-state index contributed by atoms with van der Waals surface area (Å²) in [5.41, 5.74) is 6.51. The second-order valence-corrected chi connectivity index (χ2v) is 4.38. The topological polar surface area (TPSA) is 75.6 Å². The molecule has 0 radical (unpaired) electrons. The first-order chi connectivity index (χ1) is 8.16. The fourth-order valence-corrected chi connectivity index (χ4v) is 1.96. The molecule has 1 aliphatic heterocycles. The van der Waals surface area contributed by atoms with Crippen molar-refractivity contribution < 1.29 is 9.32 Å². The van der Waals surface area contributed by atoms with Gasteiger partial charge in [0, 0.05) is 38.8 Å². The summed E-state index contributed by atoms with van der Waals surface area (Å²) >= 11 is 0. The van der Waals surface area contributed by atoms with Gasteiger partial charge >= 0.3 is 0 Å². The van der Waals surface area contributed by atoms with E-state index in [1.54, 1.807) is 13.2 Å². The number of hydrogen-bond acceptors (Lipinski definition) is 5. The lowest BCUT2D eigenvalue weighted by Gasteiger charge is -2.35. The van der Waals surface area contributed by atoms with E-state index in [1.165, 1.54) is 0 Å². The van der Waals surface area contributed by atoms with Gasteiger partial charge in [-0.05, 0) is 6.92 Å². The van der Waals surface area contributed by atoms with E-state index in [0.717, 1.165) is 38.4 Å². The maximum Gasteiger partial charge on any atom is 0.239 e. The van der Waals surface area contributed by atoms with E-state index < -0.39 is 6.04 Å². The minimum absolute atomic E-state index is 0.0334. The van der Waals surface area contributed by atoms with E-state index in [-0.39, 0.29) is 5.91 Å². The minimum Gasteiger partial charge on any atom is -0.364 e. The highest BCUT2D eigenvalue weighted by molar-refractivity contribution is 5.81. The second-order valence-electron chi connectivity index (χ2n) is 4.38. The third-order valence-corrected chi connectivity index (χ3v) is 2.95. The summed E-state index contributed by atoms with van der Waals surface area (Å²) in [7, 11) is 0. The van der Waals surface area contributed by atoms with Crippen LogP contribution in [0.4, 0.5) is 0 Å². The van der Waals surface area contributed by atoms with Gasteiger partial charge < -0.3 is 15.2 Å². The third kappa shape index (κ3) is 3.04. The van der Waals surface area contributed by atoms with Gasteiger partial charge in [0.05, 0.1) is 11.7 Å². The zero-order valence-electron chi connectivity index (χ0n) is 10.0. The van der Waals surface area contributed by atoms with Crippen LogP contribution < -0.4 is 5.73 Å². The molecule has 0 bridgehead atoms. The van der Waals surface area contributed by atoms with Crippen molar-refractivity contribution in [2.24, 2.45) is 5.73 Å². The van der Waals surface area contributed by atoms with E-state index in [2.05, 4.69) is 10.1 Å². The van der Waals surface area contributed by atoms with E-state index in [1.807, 2.05) is 11.0 Å². The van der Waals surface area contributed by atoms with Crippen molar-refractivity contribution in [3.8, 4) is 0 Å². The van der Waals surface area contributed by atoms with Crippen LogP contribution in [-0.2, 0) is 11.3 Å². The number of piperazine rings is 1. The van der Waals surface area contributed by atoms with Crippen LogP contribution in [0.5, 0.6) is 0 Å². The second kappa shape index (κ2) is 5.29. The summed E-state index contributed by atoms with van der Waals surface area (Å²) < 4.78 is 4.79. The molecule has 1 atom stereocenters. The number of nitrogens with two attached hydrogens (primary N) is 1. The maximum absolute atomic E-state index is 11.7. The molecule has 1 aromatic heterocycles. The van der Waals surface area contributed by atoms with Crippen LogP contribution in [0, 0.1) is 0 Å². The van der Waals surface area contributed by atoms with Gasteiger partial charge in [0.1, 0.15) is 6.26 Å². The quantitative estimate of drug-likeness (QED) is 0.780. The lowest BCUT2D eigenvalue weighted by molar-refractivity contribution is -0.134. The molecular formula is C11H18N4O2. The van der Waals surface area contributed by atoms with Crippen molar-refractivity contribution in [3.63, 3.8) is 0 Å². The number of nitrogens with zero attached hydrogens (tertiary/aromatic N) is 3. The molecule has 0 aromatic carbocycles. The van der Waals surface area contributed by atoms with Gasteiger partial charge in [-0.2, -0.15) is 0 Å². The number of carbonyl (C=O) groups excluding carboxylic acids is 1. The maximum atomic E-state index is 11.7. The molecule has 0 saturated carbocycles. The number of amides is 1. The first-order valence-corrected chi connectivity index (χ1v) is 5.83. The van der Waals surface area contributed by atoms with Crippen molar-refractivity contribution >= 4 is 5.91 Å². The van der Waals surface area contributed by atoms with Crippen molar-refractivity contribution in [3.05, 3.63) is 18.0 Å². The summed E-state index contributed by atoms with van der Waals surface area (Å²) in [5, 5.41) is 3.88. The van der Waals surface area contributed by atoms with Crippen molar-refractivity contribution in [2.75, 3.05) is 26.2 Å². The fraction of sp³-hybridized carbons (Fsp3) is 0.636. The smallest absolute Gasteiger partial charge is 0.239 e. The van der Waals surface area contributed by atoms with Crippen LogP contribution in [-0.4, -0.2) is 53.1 Å². The van der Waals surface area contributed by atoms with Gasteiger partial charge in [0.2, 0.25) is 5.91 Å². The first-order valence-electron chi connectivity index (χ1n) is 5.83. The zero-order valence-corrected chi connectivity index (χ0v) is 10.0. The first kappa shape index (κ1) is 12.1. The van der Waals surface area contributed by atoms with E-state index in [9.17, 15) is 4.79 Å². The molecule has 6 nitrogen and oxygen atoms in total. The molecular weight excluding hydrogens is 220 g/mol. The number of carbonyl (C=O) groups is 1. The zero-order chi connectivity index (χ0) is 12.3. The summed E-state index contributed by atoms with van der Waals surface area (Å²) in [6.45, 7) is 5.67. The highest BCUT2D eigenvalue weighted by atomic mass is 16.5. The SMILES string of the molecule is C[C@@H](N)C(=O)N1CCN(Cc2ccon2)CC1. The Morgan fingerprint density at radius 3 is 2.76 bits per heavy atom. The molecule has 1 saturated heterocycles. The molecule has 2 N–H and O–H groups in total. The minimum atomic E-state index is -0.405. The predicted octanol–water partition coefficient (Wildman–Crippen LogP) is -0.334. The Labute approximate surface area is 100 Å². The molecule has 0 spiro atoms. The summed E-state index contributed by atoms with van der Waals surface area (Å²) in [5.74, 6) is 0.0334. The molecule has 6 heteroatoms. The molecule has 1 aliphatic rings. The lowest BCUT2D eigenvalue weighted by Crippen LogP contribution is -2.52. The monoisotopic (exact) mass is 238 g/mol. The average Bonchev–Trinajstić information content (AvgIpc) is 2.82. The van der Waals surface area contributed by atoms with Gasteiger partial charge in [0.25, 0.3) is 0 Å². The molecule has 2 rings (SSSR count). The standard InChI is InChI=1S/C11H18N4O2/c1-9(12)11(16)15-5-3-14(4-6-15)8-10-2-7-17-13-10/h2,7,9H,3-6,8,12H2,1H3/t9-/m1/s1. The number of aromatic nitrogens is 1. The molecule has 1 fully saturated rings. The van der Waals surface area contributed by atoms with Crippen molar-refractivity contribution in [2.45, 2.75) is 19.5 Å². The van der Waals surface area contributed by atoms with Crippen molar-refractivity contribution in [1.82, 2.24) is 15.0 Å². The molecule has 94 valence electrons. The van der Waals surface area contributed by atoms with E-state index in [4.69, 9.17) is 10.3 Å². The molecule has 1 amide bonds. The number of rotatable bonds is 3. The Hall–Kier alpha value is -1.40. The van der Waals surface area contributed by atoms with E-state index >= 15 is 0 Å². The molecule has 1 aromatic rings. The van der Waals surface area contributed by atoms with Gasteiger partial charge in [-0.3, -0.25) is 9.69 Å². The van der Waals surface area contributed by atoms with Gasteiger partial charge in [0.15, 0.2) is 0 Å². The van der Waals surface area contributed by atoms with E-state index in [0.29, 0.717) is 0 Å². The Morgan fingerprint density at radius 2 is 2.24 bits per heavy atom. The lowest BCUT2D eigenvalue weighted by atomic mass is 10.2. The Kier molecular flexibility index (Phi) is 3.75. The summed E-state index contributed by atoms with van der Waals surface area (Å²) in [6.07, 6.45) is 1.57. The number of hydrogen-bond donors (Lipinski definition) is 1. The van der Waals surface area contributed by atoms with Crippen molar-refractivity contribution in [1.29, 1.82) is 0 Å². The van der Waals surface area contributed by atoms with Crippen LogP contribution in [0.15, 0.2) is 16.9 Å². The highest BCUT2D eigenvalue weighted by Crippen LogP contribution is 2.07. The van der Waals surface area contributed by atoms with Gasteiger partial charge in [-0.25, -0.2) is 0 Å². The molecule has 2 heterocycles. The third-order valence-electron chi connectivity index (χ3n) is 2.95. The van der Waals surface area contributed by atoms with Crippen LogP contribution in [0.25, 0.3) is 0 Å². The Balaban J connectivity index is 1.80.